The Morgan fingerprint density at radius 2 is 0.626 bits per heavy atom. The zero-order valence-electron chi connectivity index (χ0n) is 80.3. The van der Waals surface area contributed by atoms with E-state index in [0.717, 1.165) is 101 Å². The van der Waals surface area contributed by atoms with Crippen LogP contribution in [0.15, 0.2) is 529 Å². The zero-order chi connectivity index (χ0) is 97.7. The van der Waals surface area contributed by atoms with Crippen LogP contribution >= 0.6 is 0 Å². The second-order valence-corrected chi connectivity index (χ2v) is 34.6. The summed E-state index contributed by atoms with van der Waals surface area (Å²) in [5.41, 5.74) is 36.5. The fourth-order valence-electron chi connectivity index (χ4n) is 17.7. The Hall–Kier alpha value is -18.0. The second kappa shape index (κ2) is 47.3. The number of nitrogens with zero attached hydrogens (tertiary/aromatic N) is 13. The van der Waals surface area contributed by atoms with Crippen LogP contribution in [0, 0.1) is 43.1 Å². The number of benzene rings is 19. The molecule has 7 heterocycles. The number of para-hydroxylation sites is 6. The Kier molecular flexibility index (Phi) is 31.5. The van der Waals surface area contributed by atoms with Gasteiger partial charge in [0.25, 0.3) is 0 Å². The van der Waals surface area contributed by atoms with E-state index >= 15 is 0 Å². The van der Waals surface area contributed by atoms with Crippen LogP contribution in [0.3, 0.4) is 0 Å². The Balaban J connectivity index is 0.000000111. The number of rotatable bonds is 17. The van der Waals surface area contributed by atoms with Gasteiger partial charge >= 0.3 is 21.1 Å². The summed E-state index contributed by atoms with van der Waals surface area (Å²) in [6.07, 6.45) is 11.6. The maximum Gasteiger partial charge on any atom is 4.00 e. The van der Waals surface area contributed by atoms with E-state index in [1.54, 1.807) is 0 Å². The first kappa shape index (κ1) is 97.8. The SMILES string of the molecule is CN1[CH-]N(c2[c-]ccc(-c3ccccc3)c2)c2ccccc21.Cn1ccnc1-c1[c-]ccc(-c2ccc3c4ccccc4n(-c4ccccc4)c3c2)c1.[Pt+4].[Pt].[c-]1ccccc1-c1cc(-c2ccc(-c3ccccc3)cc2)n[n-]1.[c-]1ccccc1-c1cc(-c2ccc(-c3ccccc3)cc2)n[n-]1.[c-]1ccccc1-n1cc(-c2ccc(-c3ccccc3)cc2)cn1.[c-]1ccccc1-n1cc(-c2ccc(-c3ccccc3)cc2)cn1. The van der Waals surface area contributed by atoms with Crippen molar-refractivity contribution in [3.8, 4) is 162 Å². The molecule has 0 saturated carbocycles. The van der Waals surface area contributed by atoms with Crippen molar-refractivity contribution in [1.82, 2.24) is 54.1 Å². The fraction of sp³-hybridized carbons (Fsp3) is 0.0152. The largest absolute Gasteiger partial charge is 4.00 e. The van der Waals surface area contributed by atoms with Gasteiger partial charge in [0.1, 0.15) is 0 Å². The molecule has 0 unspecified atom stereocenters. The molecule has 6 aromatic heterocycles. The standard InChI is InChI=1S/C28H20N3.2C21H15N2.2C21H14N2.C20H16N2.2Pt/c1-30-17-16-29-28(30)22-9-7-8-20(18-22)21-14-15-25-24-12-5-6-13-26(24)31(27(25)19-21)23-10-3-2-4-11-23;2*1-3-7-17(8-4-1)18-11-13-19(14-12-18)20-15-22-23(16-20)21-9-5-2-6-10-21;2*1-3-7-16(8-4-1)17-11-13-19(14-12-17)21-15-20(22-23-21)18-9-5-2-6-10-18;1-21-15-22(20-13-6-5-12-19(20)21)18-11-7-10-17(14-18)16-8-3-2-4-9-16;;/h2-8,10-19H,1H3;2*1-9,11-16H;2*1-9,11-15H;2-10,12-15H,1H3;;/q3*-1;3*-2;;+4. The molecule has 1 aliphatic heterocycles. The van der Waals surface area contributed by atoms with Crippen LogP contribution in [-0.2, 0) is 49.2 Å². The van der Waals surface area contributed by atoms with Gasteiger partial charge in [-0.25, -0.2) is 11.4 Å². The van der Waals surface area contributed by atoms with Crippen molar-refractivity contribution in [2.24, 2.45) is 7.05 Å². The zero-order valence-corrected chi connectivity index (χ0v) is 84.8. The minimum atomic E-state index is 0. The molecule has 0 bridgehead atoms. The summed E-state index contributed by atoms with van der Waals surface area (Å²) >= 11 is 0. The maximum absolute atomic E-state index is 4.48. The van der Waals surface area contributed by atoms with Gasteiger partial charge in [0.15, 0.2) is 0 Å². The summed E-state index contributed by atoms with van der Waals surface area (Å²) in [6.45, 7) is 2.10. The molecule has 0 amide bonds. The van der Waals surface area contributed by atoms with Crippen LogP contribution in [0.25, 0.3) is 184 Å². The van der Waals surface area contributed by atoms with Crippen molar-refractivity contribution in [3.63, 3.8) is 0 Å². The molecular formula is C132H94N13Pt2-5. The molecule has 1 aliphatic rings. The molecule has 0 saturated heterocycles. The second-order valence-electron chi connectivity index (χ2n) is 34.6. The first-order valence-corrected chi connectivity index (χ1v) is 48.0. The van der Waals surface area contributed by atoms with Gasteiger partial charge in [-0.05, 0) is 133 Å². The molecule has 19 aromatic carbocycles. The van der Waals surface area contributed by atoms with Crippen LogP contribution in [0.5, 0.6) is 0 Å². The Morgan fingerprint density at radius 1 is 0.272 bits per heavy atom. The van der Waals surface area contributed by atoms with Gasteiger partial charge in [0.2, 0.25) is 0 Å². The number of imidazole rings is 1. The van der Waals surface area contributed by atoms with Gasteiger partial charge in [0, 0.05) is 103 Å². The summed E-state index contributed by atoms with van der Waals surface area (Å²) < 4.78 is 8.07. The van der Waals surface area contributed by atoms with Crippen molar-refractivity contribution in [2.75, 3.05) is 16.8 Å². The van der Waals surface area contributed by atoms with Gasteiger partial charge < -0.3 is 39.3 Å². The van der Waals surface area contributed by atoms with E-state index < -0.39 is 0 Å². The van der Waals surface area contributed by atoms with E-state index in [9.17, 15) is 0 Å². The van der Waals surface area contributed by atoms with Crippen LogP contribution in [0.1, 0.15) is 0 Å². The minimum absolute atomic E-state index is 0. The number of anilines is 3. The van der Waals surface area contributed by atoms with Crippen molar-refractivity contribution in [3.05, 3.63) is 572 Å². The molecule has 25 aromatic rings. The molecule has 13 nitrogen and oxygen atoms in total. The van der Waals surface area contributed by atoms with Gasteiger partial charge in [-0.3, -0.25) is 14.3 Å². The van der Waals surface area contributed by atoms with Crippen LogP contribution in [0.2, 0.25) is 0 Å². The summed E-state index contributed by atoms with van der Waals surface area (Å²) in [5.74, 6) is 0.918. The van der Waals surface area contributed by atoms with Crippen molar-refractivity contribution >= 4 is 38.9 Å². The maximum atomic E-state index is 4.48. The van der Waals surface area contributed by atoms with Crippen molar-refractivity contribution in [1.29, 1.82) is 0 Å². The molecule has 15 heteroatoms. The average Bonchev–Trinajstić information content (AvgIpc) is 1.59. The molecule has 0 spiro atoms. The Bertz CT molecular complexity index is 7850. The summed E-state index contributed by atoms with van der Waals surface area (Å²) in [7, 11) is 4.08. The predicted octanol–water partition coefficient (Wildman–Crippen LogP) is 31.2. The molecule has 0 radical (unpaired) electrons. The number of hydrogen-bond donors (Lipinski definition) is 0. The summed E-state index contributed by atoms with van der Waals surface area (Å²) in [4.78, 5) is 8.80. The quantitative estimate of drug-likeness (QED) is 0.0821. The van der Waals surface area contributed by atoms with Crippen molar-refractivity contribution < 1.29 is 42.1 Å². The number of aromatic nitrogens is 11. The van der Waals surface area contributed by atoms with Crippen molar-refractivity contribution in [2.45, 2.75) is 0 Å². The van der Waals surface area contributed by atoms with Gasteiger partial charge in [0.05, 0.1) is 29.3 Å². The van der Waals surface area contributed by atoms with Crippen LogP contribution < -0.4 is 20.0 Å². The third-order valence-corrected chi connectivity index (χ3v) is 25.2. The smallest absolute Gasteiger partial charge is 0.618 e. The molecule has 0 aliphatic carbocycles. The number of aryl methyl sites for hydroxylation is 1. The third-order valence-electron chi connectivity index (χ3n) is 25.2. The van der Waals surface area contributed by atoms with E-state index in [4.69, 9.17) is 0 Å². The normalized spacial score (nSPS) is 11.0. The minimum Gasteiger partial charge on any atom is -0.618 e. The van der Waals surface area contributed by atoms with Crippen LogP contribution in [-0.4, -0.2) is 50.9 Å². The predicted molar refractivity (Wildman–Crippen MR) is 591 cm³/mol. The molecule has 26 rings (SSSR count). The third kappa shape index (κ3) is 23.4. The van der Waals surface area contributed by atoms with E-state index in [1.807, 2.05) is 210 Å². The topological polar surface area (TPSA) is 119 Å². The van der Waals surface area contributed by atoms with Gasteiger partial charge in [-0.15, -0.1) is 126 Å². The summed E-state index contributed by atoms with van der Waals surface area (Å²) in [6, 6.07) is 187. The van der Waals surface area contributed by atoms with E-state index in [0.29, 0.717) is 0 Å². The number of fused-ring (bicyclic) bond motifs is 4. The summed E-state index contributed by atoms with van der Waals surface area (Å²) in [5, 5.41) is 28.5. The number of hydrogen-bond acceptors (Lipinski definition) is 7. The van der Waals surface area contributed by atoms with E-state index in [2.05, 4.69) is 440 Å². The molecule has 147 heavy (non-hydrogen) atoms. The van der Waals surface area contributed by atoms with Gasteiger partial charge in [-0.2, -0.15) is 94.7 Å². The molecular weight excluding hydrogens is 2160 g/mol. The van der Waals surface area contributed by atoms with Gasteiger partial charge in [-0.1, -0.05) is 322 Å². The Morgan fingerprint density at radius 3 is 1.07 bits per heavy atom. The first-order chi connectivity index (χ1) is 71.7. The monoisotopic (exact) mass is 2250 g/mol. The van der Waals surface area contributed by atoms with Crippen LogP contribution in [0.4, 0.5) is 17.1 Å². The average molecular weight is 2250 g/mol. The molecule has 0 fully saturated rings. The Labute approximate surface area is 886 Å². The molecule has 0 atom stereocenters. The fourth-order valence-corrected chi connectivity index (χ4v) is 17.7. The van der Waals surface area contributed by atoms with E-state index in [1.165, 1.54) is 100 Å². The molecule has 712 valence electrons. The first-order valence-electron chi connectivity index (χ1n) is 48.0. The van der Waals surface area contributed by atoms with E-state index in [-0.39, 0.29) is 42.1 Å². The molecule has 0 N–H and O–H groups in total.